The van der Waals surface area contributed by atoms with E-state index in [4.69, 9.17) is 16.3 Å². The van der Waals surface area contributed by atoms with Gasteiger partial charge in [0.1, 0.15) is 5.69 Å². The van der Waals surface area contributed by atoms with Gasteiger partial charge in [-0.2, -0.15) is 0 Å². The van der Waals surface area contributed by atoms with Gasteiger partial charge in [-0.3, -0.25) is 4.79 Å². The fraction of sp³-hybridized carbons (Fsp3) is 0.269. The third kappa shape index (κ3) is 4.17. The highest BCUT2D eigenvalue weighted by molar-refractivity contribution is 7.15. The smallest absolute Gasteiger partial charge is 0.408 e. The largest absolute Gasteiger partial charge is 0.412 e. The summed E-state index contributed by atoms with van der Waals surface area (Å²) in [4.78, 5) is 36.6. The number of amides is 2. The molecular weight excluding hydrogens is 484 g/mol. The third-order valence-electron chi connectivity index (χ3n) is 6.80. The SMILES string of the molecule is Cc1nc(C(=O)N2C[C@@H]3C[C@@H]3[C@H]2CNC(=O)Oc2c[nH]c3ccccc23)c(-c2cccc(Cl)c2)s1. The molecule has 1 aliphatic carbocycles. The molecule has 9 heteroatoms. The van der Waals surface area contributed by atoms with Crippen molar-refractivity contribution in [1.29, 1.82) is 0 Å². The van der Waals surface area contributed by atoms with Gasteiger partial charge in [-0.1, -0.05) is 35.9 Å². The highest BCUT2D eigenvalue weighted by Gasteiger charge is 2.54. The maximum atomic E-state index is 13.7. The number of carbonyl (C=O) groups is 2. The van der Waals surface area contributed by atoms with Gasteiger partial charge in [0.05, 0.1) is 15.9 Å². The molecule has 0 unspecified atom stereocenters. The van der Waals surface area contributed by atoms with Crippen LogP contribution in [0.5, 0.6) is 5.75 Å². The van der Waals surface area contributed by atoms with E-state index in [0.717, 1.165) is 32.8 Å². The fourth-order valence-electron chi connectivity index (χ4n) is 5.05. The van der Waals surface area contributed by atoms with Gasteiger partial charge in [-0.05, 0) is 55.0 Å². The zero-order valence-electron chi connectivity index (χ0n) is 19.0. The van der Waals surface area contributed by atoms with Crippen LogP contribution in [0.25, 0.3) is 21.3 Å². The second-order valence-electron chi connectivity index (χ2n) is 9.07. The van der Waals surface area contributed by atoms with Crippen LogP contribution in [0.4, 0.5) is 4.79 Å². The van der Waals surface area contributed by atoms with Crippen LogP contribution in [0.2, 0.25) is 5.02 Å². The molecule has 6 rings (SSSR count). The van der Waals surface area contributed by atoms with Crippen molar-refractivity contribution in [3.63, 3.8) is 0 Å². The summed E-state index contributed by atoms with van der Waals surface area (Å²) in [6.07, 6.45) is 2.22. The number of hydrogen-bond donors (Lipinski definition) is 2. The van der Waals surface area contributed by atoms with Crippen molar-refractivity contribution >= 4 is 45.8 Å². The lowest BCUT2D eigenvalue weighted by Crippen LogP contribution is -2.46. The van der Waals surface area contributed by atoms with E-state index in [-0.39, 0.29) is 11.9 Å². The van der Waals surface area contributed by atoms with Crippen molar-refractivity contribution < 1.29 is 14.3 Å². The Morgan fingerprint density at radius 1 is 1.26 bits per heavy atom. The summed E-state index contributed by atoms with van der Waals surface area (Å²) in [7, 11) is 0. The monoisotopic (exact) mass is 506 g/mol. The molecular formula is C26H23ClN4O3S. The molecule has 2 aliphatic rings. The minimum atomic E-state index is -0.532. The quantitative estimate of drug-likeness (QED) is 0.374. The van der Waals surface area contributed by atoms with E-state index >= 15 is 0 Å². The first-order valence-corrected chi connectivity index (χ1v) is 12.7. The Bertz CT molecular complexity index is 1450. The van der Waals surface area contributed by atoms with Gasteiger partial charge in [0.2, 0.25) is 0 Å². The van der Waals surface area contributed by atoms with E-state index in [9.17, 15) is 9.59 Å². The predicted molar refractivity (Wildman–Crippen MR) is 136 cm³/mol. The number of fused-ring (bicyclic) bond motifs is 2. The molecule has 2 aromatic carbocycles. The number of nitrogens with zero attached hydrogens (tertiary/aromatic N) is 2. The van der Waals surface area contributed by atoms with Crippen molar-refractivity contribution in [3.8, 4) is 16.2 Å². The number of benzene rings is 2. The zero-order chi connectivity index (χ0) is 24.1. The minimum absolute atomic E-state index is 0.0859. The van der Waals surface area contributed by atoms with Crippen LogP contribution in [0.15, 0.2) is 54.7 Å². The average molecular weight is 507 g/mol. The Kier molecular flexibility index (Phi) is 5.50. The molecule has 1 aliphatic heterocycles. The molecule has 4 aromatic rings. The van der Waals surface area contributed by atoms with Crippen LogP contribution in [-0.4, -0.2) is 46.0 Å². The molecule has 2 aromatic heterocycles. The van der Waals surface area contributed by atoms with Crippen LogP contribution in [0.3, 0.4) is 0 Å². The lowest BCUT2D eigenvalue weighted by Gasteiger charge is -2.27. The van der Waals surface area contributed by atoms with Crippen LogP contribution in [-0.2, 0) is 0 Å². The van der Waals surface area contributed by atoms with Crippen molar-refractivity contribution in [2.24, 2.45) is 11.8 Å². The number of likely N-dealkylation sites (tertiary alicyclic amines) is 1. The van der Waals surface area contributed by atoms with E-state index in [1.807, 2.05) is 60.4 Å². The summed E-state index contributed by atoms with van der Waals surface area (Å²) in [6, 6.07) is 15.0. The summed E-state index contributed by atoms with van der Waals surface area (Å²) in [6.45, 7) is 2.92. The second kappa shape index (κ2) is 8.70. The summed E-state index contributed by atoms with van der Waals surface area (Å²) in [5.41, 5.74) is 2.23. The Morgan fingerprint density at radius 2 is 2.11 bits per heavy atom. The number of rotatable bonds is 5. The Balaban J connectivity index is 1.17. The van der Waals surface area contributed by atoms with Gasteiger partial charge in [-0.15, -0.1) is 11.3 Å². The number of aryl methyl sites for hydroxylation is 1. The van der Waals surface area contributed by atoms with Crippen molar-refractivity contribution in [3.05, 3.63) is 70.5 Å². The molecule has 178 valence electrons. The highest BCUT2D eigenvalue weighted by atomic mass is 35.5. The van der Waals surface area contributed by atoms with Crippen molar-refractivity contribution in [1.82, 2.24) is 20.2 Å². The topological polar surface area (TPSA) is 87.3 Å². The Labute approximate surface area is 211 Å². The van der Waals surface area contributed by atoms with Gasteiger partial charge in [0.15, 0.2) is 5.75 Å². The van der Waals surface area contributed by atoms with E-state index in [1.165, 1.54) is 11.3 Å². The molecule has 0 radical (unpaired) electrons. The number of aromatic nitrogens is 2. The van der Waals surface area contributed by atoms with Crippen molar-refractivity contribution in [2.75, 3.05) is 13.1 Å². The first-order valence-electron chi connectivity index (χ1n) is 11.5. The Hall–Kier alpha value is -3.36. The highest BCUT2D eigenvalue weighted by Crippen LogP contribution is 2.50. The summed E-state index contributed by atoms with van der Waals surface area (Å²) in [5, 5.41) is 5.16. The zero-order valence-corrected chi connectivity index (χ0v) is 20.5. The van der Waals surface area contributed by atoms with E-state index in [2.05, 4.69) is 15.3 Å². The van der Waals surface area contributed by atoms with Gasteiger partial charge in [-0.25, -0.2) is 9.78 Å². The third-order valence-corrected chi connectivity index (χ3v) is 8.05. The number of thiazole rings is 1. The first-order chi connectivity index (χ1) is 17.0. The fourth-order valence-corrected chi connectivity index (χ4v) is 6.15. The number of piperidine rings is 1. The lowest BCUT2D eigenvalue weighted by molar-refractivity contribution is 0.0700. The summed E-state index contributed by atoms with van der Waals surface area (Å²) >= 11 is 7.69. The molecule has 0 bridgehead atoms. The second-order valence-corrected chi connectivity index (χ2v) is 10.7. The molecule has 1 saturated heterocycles. The van der Waals surface area contributed by atoms with Gasteiger partial charge in [0.25, 0.3) is 5.91 Å². The number of halogens is 1. The van der Waals surface area contributed by atoms with E-state index < -0.39 is 6.09 Å². The van der Waals surface area contributed by atoms with Crippen molar-refractivity contribution in [2.45, 2.75) is 19.4 Å². The molecule has 2 amide bonds. The van der Waals surface area contributed by atoms with E-state index in [1.54, 1.807) is 6.20 Å². The van der Waals surface area contributed by atoms with Crippen LogP contribution in [0, 0.1) is 18.8 Å². The number of hydrogen-bond acceptors (Lipinski definition) is 5. The molecule has 2 N–H and O–H groups in total. The number of nitrogens with one attached hydrogen (secondary N) is 2. The summed E-state index contributed by atoms with van der Waals surface area (Å²) in [5.74, 6) is 1.24. The summed E-state index contributed by atoms with van der Waals surface area (Å²) < 4.78 is 5.54. The molecule has 35 heavy (non-hydrogen) atoms. The Morgan fingerprint density at radius 3 is 2.97 bits per heavy atom. The average Bonchev–Trinajstić information content (AvgIpc) is 3.16. The molecule has 3 heterocycles. The van der Waals surface area contributed by atoms with Gasteiger partial charge in [0, 0.05) is 35.2 Å². The maximum Gasteiger partial charge on any atom is 0.412 e. The number of para-hydroxylation sites is 1. The number of ether oxygens (including phenoxy) is 1. The van der Waals surface area contributed by atoms with Gasteiger partial charge < -0.3 is 19.9 Å². The predicted octanol–water partition coefficient (Wildman–Crippen LogP) is 5.50. The van der Waals surface area contributed by atoms with E-state index in [0.29, 0.717) is 41.4 Å². The lowest BCUT2D eigenvalue weighted by atomic mass is 10.1. The standard InChI is InChI=1S/C26H23ClN4O3S/c1-14-30-23(24(35-14)15-5-4-6-17(27)9-15)25(32)31-13-16-10-19(16)21(31)11-29-26(33)34-22-12-28-20-8-3-2-7-18(20)22/h2-9,12,16,19,21,28H,10-11,13H2,1H3,(H,29,33)/t16-,19-,21+/m0/s1. The van der Waals surface area contributed by atoms with Crippen LogP contribution < -0.4 is 10.1 Å². The molecule has 0 spiro atoms. The molecule has 1 saturated carbocycles. The van der Waals surface area contributed by atoms with Crippen LogP contribution >= 0.6 is 22.9 Å². The molecule has 2 fully saturated rings. The molecule has 3 atom stereocenters. The number of aromatic amines is 1. The minimum Gasteiger partial charge on any atom is -0.408 e. The number of carbonyl (C=O) groups excluding carboxylic acids is 2. The van der Waals surface area contributed by atoms with Crippen LogP contribution in [0.1, 0.15) is 21.9 Å². The molecule has 7 nitrogen and oxygen atoms in total. The maximum absolute atomic E-state index is 13.7. The van der Waals surface area contributed by atoms with Gasteiger partial charge >= 0.3 is 6.09 Å². The normalized spacial score (nSPS) is 20.6. The first kappa shape index (κ1) is 22.1. The number of H-pyrrole nitrogens is 1.